The van der Waals surface area contributed by atoms with Crippen molar-refractivity contribution in [2.75, 3.05) is 19.0 Å². The largest absolute Gasteiger partial charge is 0.465 e. The maximum atomic E-state index is 11.8. The van der Waals surface area contributed by atoms with Gasteiger partial charge in [-0.25, -0.2) is 4.79 Å². The highest BCUT2D eigenvalue weighted by Crippen LogP contribution is 2.69. The van der Waals surface area contributed by atoms with Crippen molar-refractivity contribution in [1.29, 1.82) is 0 Å². The Morgan fingerprint density at radius 3 is 2.59 bits per heavy atom. The number of rotatable bonds is 7. The molecule has 5 rings (SSSR count). The molecule has 4 aliphatic carbocycles. The molecule has 1 aromatic heterocycles. The number of carbonyl (C=O) groups excluding carboxylic acids is 1. The summed E-state index contributed by atoms with van der Waals surface area (Å²) in [4.78, 5) is 16.0. The van der Waals surface area contributed by atoms with Crippen LogP contribution in [0.3, 0.4) is 0 Å². The van der Waals surface area contributed by atoms with Crippen molar-refractivity contribution in [2.24, 2.45) is 46.3 Å². The van der Waals surface area contributed by atoms with E-state index in [1.165, 1.54) is 45.4 Å². The van der Waals surface area contributed by atoms with E-state index in [0.29, 0.717) is 46.5 Å². The molecule has 10 atom stereocenters. The maximum absolute atomic E-state index is 11.8. The molecule has 3 N–H and O–H groups in total. The van der Waals surface area contributed by atoms with Gasteiger partial charge in [0.1, 0.15) is 0 Å². The number of ether oxygens (including phenoxy) is 1. The summed E-state index contributed by atoms with van der Waals surface area (Å²) in [5.41, 5.74) is 1.90. The number of nitrogens with one attached hydrogen (secondary N) is 1. The Labute approximate surface area is 223 Å². The van der Waals surface area contributed by atoms with Crippen LogP contribution in [-0.4, -0.2) is 47.0 Å². The number of aliphatic hydroxyl groups excluding tert-OH is 2. The number of methoxy groups -OCH3 is 1. The monoisotopic (exact) mass is 512 g/mol. The molecule has 4 aliphatic rings. The van der Waals surface area contributed by atoms with Gasteiger partial charge in [0.15, 0.2) is 0 Å². The molecule has 6 heteroatoms. The van der Waals surface area contributed by atoms with Crippen molar-refractivity contribution in [3.05, 3.63) is 24.0 Å². The lowest BCUT2D eigenvalue weighted by molar-refractivity contribution is -0.202. The van der Waals surface area contributed by atoms with Crippen LogP contribution in [0.25, 0.3) is 0 Å². The van der Waals surface area contributed by atoms with Gasteiger partial charge < -0.3 is 20.3 Å². The third-order valence-electron chi connectivity index (χ3n) is 11.8. The molecule has 0 radical (unpaired) electrons. The van der Waals surface area contributed by atoms with Gasteiger partial charge in [-0.3, -0.25) is 4.98 Å². The van der Waals surface area contributed by atoms with E-state index in [9.17, 15) is 15.0 Å². The predicted molar refractivity (Wildman–Crippen MR) is 145 cm³/mol. The predicted octanol–water partition coefficient (Wildman–Crippen LogP) is 5.69. The SMILES string of the molecule is CC[C@H]1[C@@H](O)[C@@H]2[C@H](CC[C@]3(C)[C@@H](CCCNc4cncc(C(=O)OC)c4)CC[C@@H]23)[C@@]2(C)CC[C@@H](O)C[C@@H]12. The molecule has 0 amide bonds. The van der Waals surface area contributed by atoms with Crippen LogP contribution in [0.5, 0.6) is 0 Å². The Kier molecular flexibility index (Phi) is 7.63. The third-order valence-corrected chi connectivity index (χ3v) is 11.8. The van der Waals surface area contributed by atoms with Crippen molar-refractivity contribution in [3.8, 4) is 0 Å². The quantitative estimate of drug-likeness (QED) is 0.321. The maximum Gasteiger partial charge on any atom is 0.339 e. The van der Waals surface area contributed by atoms with E-state index < -0.39 is 0 Å². The molecule has 0 saturated heterocycles. The number of esters is 1. The first-order chi connectivity index (χ1) is 17.7. The van der Waals surface area contributed by atoms with Gasteiger partial charge in [-0.15, -0.1) is 0 Å². The number of aromatic nitrogens is 1. The van der Waals surface area contributed by atoms with E-state index in [-0.39, 0.29) is 23.6 Å². The Balaban J connectivity index is 1.24. The van der Waals surface area contributed by atoms with Crippen LogP contribution < -0.4 is 5.32 Å². The van der Waals surface area contributed by atoms with E-state index >= 15 is 0 Å². The van der Waals surface area contributed by atoms with E-state index in [1.54, 1.807) is 12.3 Å². The first-order valence-electron chi connectivity index (χ1n) is 14.9. The number of fused-ring (bicyclic) bond motifs is 5. The lowest BCUT2D eigenvalue weighted by atomic mass is 9.41. The summed E-state index contributed by atoms with van der Waals surface area (Å²) in [6, 6.07) is 1.81. The highest BCUT2D eigenvalue weighted by molar-refractivity contribution is 5.89. The van der Waals surface area contributed by atoms with Crippen LogP contribution in [-0.2, 0) is 4.74 Å². The van der Waals surface area contributed by atoms with Gasteiger partial charge in [0, 0.05) is 18.9 Å². The van der Waals surface area contributed by atoms with Crippen molar-refractivity contribution < 1.29 is 19.7 Å². The molecule has 1 aromatic rings. The van der Waals surface area contributed by atoms with Crippen molar-refractivity contribution in [2.45, 2.75) is 97.2 Å². The fourth-order valence-electron chi connectivity index (χ4n) is 9.89. The lowest BCUT2D eigenvalue weighted by Crippen LogP contribution is -2.62. The molecule has 6 nitrogen and oxygen atoms in total. The van der Waals surface area contributed by atoms with Crippen LogP contribution in [0.15, 0.2) is 18.5 Å². The van der Waals surface area contributed by atoms with Crippen LogP contribution >= 0.6 is 0 Å². The second-order valence-corrected chi connectivity index (χ2v) is 13.2. The molecule has 0 spiro atoms. The minimum absolute atomic E-state index is 0.187. The molecule has 0 bridgehead atoms. The molecule has 0 aliphatic heterocycles. The normalized spacial score (nSPS) is 42.9. The van der Waals surface area contributed by atoms with Crippen molar-refractivity contribution in [1.82, 2.24) is 4.98 Å². The summed E-state index contributed by atoms with van der Waals surface area (Å²) in [7, 11) is 1.39. The van der Waals surface area contributed by atoms with Gasteiger partial charge >= 0.3 is 5.97 Å². The summed E-state index contributed by atoms with van der Waals surface area (Å²) < 4.78 is 4.81. The van der Waals surface area contributed by atoms with Crippen molar-refractivity contribution >= 4 is 11.7 Å². The van der Waals surface area contributed by atoms with Crippen molar-refractivity contribution in [3.63, 3.8) is 0 Å². The number of hydrogen-bond acceptors (Lipinski definition) is 6. The molecule has 4 saturated carbocycles. The van der Waals surface area contributed by atoms with Gasteiger partial charge in [0.2, 0.25) is 0 Å². The summed E-state index contributed by atoms with van der Waals surface area (Å²) in [5.74, 6) is 2.73. The highest BCUT2D eigenvalue weighted by atomic mass is 16.5. The molecule has 0 unspecified atom stereocenters. The Hall–Kier alpha value is -1.66. The minimum Gasteiger partial charge on any atom is -0.465 e. The Bertz CT molecular complexity index is 970. The average molecular weight is 513 g/mol. The van der Waals surface area contributed by atoms with E-state index in [4.69, 9.17) is 4.74 Å². The van der Waals surface area contributed by atoms with Gasteiger partial charge in [-0.05, 0) is 110 Å². The summed E-state index contributed by atoms with van der Waals surface area (Å²) in [5, 5.41) is 25.8. The molecule has 1 heterocycles. The number of nitrogens with zero attached hydrogens (tertiary/aromatic N) is 1. The molecular formula is C31H48N2O4. The van der Waals surface area contributed by atoms with Gasteiger partial charge in [0.05, 0.1) is 30.6 Å². The number of anilines is 1. The molecule has 37 heavy (non-hydrogen) atoms. The molecular weight excluding hydrogens is 464 g/mol. The summed E-state index contributed by atoms with van der Waals surface area (Å²) in [6.45, 7) is 8.16. The van der Waals surface area contributed by atoms with Gasteiger partial charge in [0.25, 0.3) is 0 Å². The van der Waals surface area contributed by atoms with E-state index in [2.05, 4.69) is 31.1 Å². The number of aliphatic hydroxyl groups is 2. The number of pyridine rings is 1. The minimum atomic E-state index is -0.364. The van der Waals surface area contributed by atoms with Gasteiger partial charge in [-0.2, -0.15) is 0 Å². The topological polar surface area (TPSA) is 91.7 Å². The first-order valence-corrected chi connectivity index (χ1v) is 14.9. The lowest BCUT2D eigenvalue weighted by Gasteiger charge is -2.64. The zero-order valence-corrected chi connectivity index (χ0v) is 23.3. The van der Waals surface area contributed by atoms with Gasteiger partial charge in [-0.1, -0.05) is 27.2 Å². The highest BCUT2D eigenvalue weighted by Gasteiger charge is 2.64. The Morgan fingerprint density at radius 2 is 1.84 bits per heavy atom. The zero-order chi connectivity index (χ0) is 26.4. The summed E-state index contributed by atoms with van der Waals surface area (Å²) in [6.07, 6.45) is 14.1. The van der Waals surface area contributed by atoms with Crippen LogP contribution in [0.1, 0.15) is 95.3 Å². The second-order valence-electron chi connectivity index (χ2n) is 13.2. The molecule has 4 fully saturated rings. The van der Waals surface area contributed by atoms with E-state index in [1.807, 2.05) is 0 Å². The van der Waals surface area contributed by atoms with E-state index in [0.717, 1.165) is 44.3 Å². The molecule has 206 valence electrons. The van der Waals surface area contributed by atoms with Crippen LogP contribution in [0, 0.1) is 46.3 Å². The van der Waals surface area contributed by atoms with Crippen LogP contribution in [0.4, 0.5) is 5.69 Å². The zero-order valence-electron chi connectivity index (χ0n) is 23.3. The fraction of sp³-hybridized carbons (Fsp3) is 0.806. The first kappa shape index (κ1) is 26.9. The second kappa shape index (κ2) is 10.5. The average Bonchev–Trinajstić information content (AvgIpc) is 3.23. The fourth-order valence-corrected chi connectivity index (χ4v) is 9.89. The Morgan fingerprint density at radius 1 is 1.08 bits per heavy atom. The summed E-state index contributed by atoms with van der Waals surface area (Å²) >= 11 is 0. The smallest absolute Gasteiger partial charge is 0.339 e. The third kappa shape index (κ3) is 4.60. The van der Waals surface area contributed by atoms with Crippen LogP contribution in [0.2, 0.25) is 0 Å². The standard InChI is InChI=1S/C31H48N2O4/c1-5-23-26-16-22(34)10-12-31(26,3)25-11-13-30(2)20(8-9-24(30)27(25)28(23)35)7-6-14-33-21-15-19(17-32-18-21)29(36)37-4/h15,17-18,20,22-28,33-35H,5-14,16H2,1-4H3/t20-,22+,23+,24-,25-,26-,27-,28+,30+,31+/m0/s1. The molecule has 0 aromatic carbocycles. The number of hydrogen-bond donors (Lipinski definition) is 3. The number of carbonyl (C=O) groups is 1.